The summed E-state index contributed by atoms with van der Waals surface area (Å²) in [7, 11) is 5.93. The number of hydrogen-bond donors (Lipinski definition) is 2. The van der Waals surface area contributed by atoms with E-state index in [0.717, 1.165) is 17.5 Å². The van der Waals surface area contributed by atoms with E-state index in [4.69, 9.17) is 23.4 Å². The van der Waals surface area contributed by atoms with E-state index in [1.165, 1.54) is 20.3 Å². The van der Waals surface area contributed by atoms with Gasteiger partial charge in [0.2, 0.25) is 11.2 Å². The molecule has 0 amide bonds. The Labute approximate surface area is 241 Å². The minimum absolute atomic E-state index is 0.140. The minimum atomic E-state index is -1.08. The fraction of sp³-hybridized carbons (Fsp3) is 0.323. The number of benzene rings is 2. The van der Waals surface area contributed by atoms with E-state index in [-0.39, 0.29) is 30.0 Å². The summed E-state index contributed by atoms with van der Waals surface area (Å²) in [5.41, 5.74) is 1.69. The maximum atomic E-state index is 13.3. The average Bonchev–Trinajstić information content (AvgIpc) is 3.00. The predicted octanol–water partition coefficient (Wildman–Crippen LogP) is 3.47. The highest BCUT2D eigenvalue weighted by Gasteiger charge is 2.30. The van der Waals surface area contributed by atoms with Crippen molar-refractivity contribution in [2.24, 2.45) is 0 Å². The van der Waals surface area contributed by atoms with Crippen LogP contribution in [0.5, 0.6) is 23.0 Å². The van der Waals surface area contributed by atoms with Crippen LogP contribution in [-0.2, 0) is 29.0 Å². The van der Waals surface area contributed by atoms with Crippen LogP contribution in [-0.4, -0.2) is 55.9 Å². The van der Waals surface area contributed by atoms with Gasteiger partial charge in [0, 0.05) is 30.8 Å². The van der Waals surface area contributed by atoms with Gasteiger partial charge in [0.05, 0.1) is 52.8 Å². The van der Waals surface area contributed by atoms with E-state index < -0.39 is 28.6 Å². The minimum Gasteiger partial charge on any atom is -0.502 e. The monoisotopic (exact) mass is 576 g/mol. The van der Waals surface area contributed by atoms with Crippen LogP contribution in [0.4, 0.5) is 0 Å². The first kappa shape index (κ1) is 28.7. The third kappa shape index (κ3) is 5.68. The maximum Gasteiger partial charge on any atom is 0.306 e. The van der Waals surface area contributed by atoms with Gasteiger partial charge in [-0.25, -0.2) is 0 Å². The second-order valence-corrected chi connectivity index (χ2v) is 10.1. The molecule has 0 saturated heterocycles. The number of rotatable bonds is 9. The number of nitrogens with zero attached hydrogens (tertiary/aromatic N) is 1. The van der Waals surface area contributed by atoms with Crippen LogP contribution < -0.4 is 25.2 Å². The molecule has 1 aliphatic heterocycles. The number of ether oxygens (including phenoxy) is 4. The number of aromatic hydroxyl groups is 1. The predicted molar refractivity (Wildman–Crippen MR) is 154 cm³/mol. The van der Waals surface area contributed by atoms with Crippen LogP contribution in [0.25, 0.3) is 10.9 Å². The van der Waals surface area contributed by atoms with Gasteiger partial charge in [0.25, 0.3) is 5.56 Å². The zero-order valence-corrected chi connectivity index (χ0v) is 23.8. The number of aromatic nitrogens is 1. The first-order chi connectivity index (χ1) is 20.2. The number of pyridine rings is 1. The molecule has 2 aromatic heterocycles. The quantitative estimate of drug-likeness (QED) is 0.285. The fourth-order valence-electron chi connectivity index (χ4n) is 5.34. The molecule has 0 spiro atoms. The highest BCUT2D eigenvalue weighted by Crippen LogP contribution is 2.35. The van der Waals surface area contributed by atoms with Gasteiger partial charge in [-0.05, 0) is 53.3 Å². The number of carbonyl (C=O) groups is 1. The van der Waals surface area contributed by atoms with Crippen molar-refractivity contribution in [3.8, 4) is 23.0 Å². The van der Waals surface area contributed by atoms with E-state index in [9.17, 15) is 19.5 Å². The van der Waals surface area contributed by atoms with E-state index in [1.807, 2.05) is 12.1 Å². The van der Waals surface area contributed by atoms with Crippen LogP contribution in [0, 0.1) is 0 Å². The van der Waals surface area contributed by atoms with Gasteiger partial charge in [0.15, 0.2) is 17.3 Å². The Hall–Kier alpha value is -4.77. The Morgan fingerprint density at radius 2 is 1.74 bits per heavy atom. The normalized spacial score (nSPS) is 13.8. The molecule has 2 aromatic carbocycles. The molecule has 1 unspecified atom stereocenters. The Bertz CT molecular complexity index is 1760. The number of esters is 1. The lowest BCUT2D eigenvalue weighted by Crippen LogP contribution is -2.30. The molecule has 220 valence electrons. The summed E-state index contributed by atoms with van der Waals surface area (Å²) in [5.74, 6) is -0.426. The molecular formula is C31H32N2O9. The third-order valence-corrected chi connectivity index (χ3v) is 7.55. The second kappa shape index (κ2) is 12.0. The van der Waals surface area contributed by atoms with Crippen molar-refractivity contribution in [3.05, 3.63) is 91.3 Å². The number of fused-ring (bicyclic) bond motifs is 2. The number of carbonyl (C=O) groups excluding carboxylic acids is 1. The molecule has 0 bridgehead atoms. The molecule has 0 saturated carbocycles. The number of methoxy groups -OCH3 is 4. The molecule has 0 aliphatic carbocycles. The van der Waals surface area contributed by atoms with E-state index >= 15 is 0 Å². The zero-order chi connectivity index (χ0) is 30.0. The number of nitrogens with one attached hydrogen (secondary N) is 1. The van der Waals surface area contributed by atoms with Gasteiger partial charge in [-0.2, -0.15) is 0 Å². The molecule has 11 nitrogen and oxygen atoms in total. The van der Waals surface area contributed by atoms with E-state index in [0.29, 0.717) is 41.2 Å². The van der Waals surface area contributed by atoms with Gasteiger partial charge in [-0.1, -0.05) is 0 Å². The van der Waals surface area contributed by atoms with Crippen LogP contribution in [0.2, 0.25) is 0 Å². The summed E-state index contributed by atoms with van der Waals surface area (Å²) in [6.45, 7) is 1.51. The van der Waals surface area contributed by atoms with Crippen LogP contribution in [0.1, 0.15) is 40.5 Å². The summed E-state index contributed by atoms with van der Waals surface area (Å²) < 4.78 is 27.1. The van der Waals surface area contributed by atoms with Gasteiger partial charge in [0.1, 0.15) is 11.5 Å². The molecule has 0 fully saturated rings. The van der Waals surface area contributed by atoms with E-state index in [1.54, 1.807) is 38.5 Å². The van der Waals surface area contributed by atoms with Crippen molar-refractivity contribution in [3.63, 3.8) is 0 Å². The summed E-state index contributed by atoms with van der Waals surface area (Å²) >= 11 is 0. The van der Waals surface area contributed by atoms with E-state index in [2.05, 4.69) is 9.88 Å². The molecule has 2 N–H and O–H groups in total. The fourth-order valence-corrected chi connectivity index (χ4v) is 5.34. The van der Waals surface area contributed by atoms with Crippen molar-refractivity contribution >= 4 is 16.9 Å². The highest BCUT2D eigenvalue weighted by molar-refractivity contribution is 5.81. The zero-order valence-electron chi connectivity index (χ0n) is 23.8. The lowest BCUT2D eigenvalue weighted by atomic mass is 9.92. The molecule has 0 radical (unpaired) electrons. The first-order valence-corrected chi connectivity index (χ1v) is 13.3. The van der Waals surface area contributed by atoms with Crippen LogP contribution in [0.15, 0.2) is 56.5 Å². The Kier molecular flexibility index (Phi) is 8.21. The molecule has 42 heavy (non-hydrogen) atoms. The van der Waals surface area contributed by atoms with Crippen LogP contribution >= 0.6 is 0 Å². The molecule has 11 heteroatoms. The molecule has 5 rings (SSSR count). The summed E-state index contributed by atoms with van der Waals surface area (Å²) in [6.07, 6.45) is 0.410. The topological polar surface area (TPSA) is 141 Å². The number of H-pyrrole nitrogens is 1. The first-order valence-electron chi connectivity index (χ1n) is 13.3. The summed E-state index contributed by atoms with van der Waals surface area (Å²) in [6, 6.07) is 11.9. The smallest absolute Gasteiger partial charge is 0.306 e. The Morgan fingerprint density at radius 1 is 1.00 bits per heavy atom. The van der Waals surface area contributed by atoms with Crippen molar-refractivity contribution in [1.29, 1.82) is 0 Å². The average molecular weight is 577 g/mol. The molecule has 1 atom stereocenters. The SMILES string of the molecule is COC(=O)CC(c1oc(CN2CCc3cc(OC)c(OC)cc3C2)cc(=O)c1O)c1cc2ccc(OC)cc2[nH]c1=O. The van der Waals surface area contributed by atoms with Crippen molar-refractivity contribution < 1.29 is 33.3 Å². The lowest BCUT2D eigenvalue weighted by Gasteiger charge is -2.29. The van der Waals surface area contributed by atoms with Gasteiger partial charge in [-0.15, -0.1) is 0 Å². The lowest BCUT2D eigenvalue weighted by molar-refractivity contribution is -0.140. The van der Waals surface area contributed by atoms with Gasteiger partial charge < -0.3 is 33.5 Å². The highest BCUT2D eigenvalue weighted by atomic mass is 16.5. The maximum absolute atomic E-state index is 13.3. The standard InChI is InChI=1S/C31H32N2O9/c1-38-20-6-5-18-9-23(31(37)32-24(18)12-20)22(14-28(35)41-4)30-29(36)25(34)13-21(42-30)16-33-8-7-17-10-26(39-2)27(40-3)11-19(17)15-33/h5-6,9-13,22,36H,7-8,14-16H2,1-4H3,(H,32,37). The Balaban J connectivity index is 1.51. The van der Waals surface area contributed by atoms with Gasteiger partial charge >= 0.3 is 5.97 Å². The summed E-state index contributed by atoms with van der Waals surface area (Å²) in [5, 5.41) is 11.5. The molecule has 1 aliphatic rings. The second-order valence-electron chi connectivity index (χ2n) is 10.1. The Morgan fingerprint density at radius 3 is 2.43 bits per heavy atom. The molecule has 4 aromatic rings. The van der Waals surface area contributed by atoms with Gasteiger partial charge in [-0.3, -0.25) is 19.3 Å². The molecular weight excluding hydrogens is 544 g/mol. The van der Waals surface area contributed by atoms with Crippen molar-refractivity contribution in [1.82, 2.24) is 9.88 Å². The largest absolute Gasteiger partial charge is 0.502 e. The van der Waals surface area contributed by atoms with Crippen LogP contribution in [0.3, 0.4) is 0 Å². The number of aromatic amines is 1. The van der Waals surface area contributed by atoms with Crippen molar-refractivity contribution in [2.75, 3.05) is 35.0 Å². The molecule has 3 heterocycles. The third-order valence-electron chi connectivity index (χ3n) is 7.55. The summed E-state index contributed by atoms with van der Waals surface area (Å²) in [4.78, 5) is 43.5. The number of hydrogen-bond acceptors (Lipinski definition) is 10. The van der Waals surface area contributed by atoms with Crippen molar-refractivity contribution in [2.45, 2.75) is 31.8 Å².